The third kappa shape index (κ3) is 4.79. The van der Waals surface area contributed by atoms with Gasteiger partial charge in [-0.05, 0) is 29.6 Å². The number of nitrogens with zero attached hydrogens (tertiary/aromatic N) is 3. The van der Waals surface area contributed by atoms with Crippen LogP contribution in [0.1, 0.15) is 22.9 Å². The van der Waals surface area contributed by atoms with Crippen LogP contribution in [-0.2, 0) is 22.7 Å². The second kappa shape index (κ2) is 9.17. The number of hydrogen-bond acceptors (Lipinski definition) is 5. The van der Waals surface area contributed by atoms with E-state index in [0.29, 0.717) is 29.6 Å². The van der Waals surface area contributed by atoms with Gasteiger partial charge in [0, 0.05) is 61.3 Å². The number of aryl methyl sites for hydroxylation is 1. The Kier molecular flexibility index (Phi) is 6.35. The molecule has 9 heteroatoms. The number of aliphatic carboxylic acids is 2. The van der Waals surface area contributed by atoms with Crippen molar-refractivity contribution in [2.45, 2.75) is 25.6 Å². The van der Waals surface area contributed by atoms with Gasteiger partial charge in [0.05, 0.1) is 11.9 Å². The van der Waals surface area contributed by atoms with Crippen LogP contribution in [-0.4, -0.2) is 62.7 Å². The number of halogens is 1. The maximum Gasteiger partial charge on any atom is 0.325 e. The second-order valence-corrected chi connectivity index (χ2v) is 8.75. The summed E-state index contributed by atoms with van der Waals surface area (Å²) in [7, 11) is 0. The number of benzene rings is 1. The van der Waals surface area contributed by atoms with Gasteiger partial charge in [0.15, 0.2) is 0 Å². The second-order valence-electron chi connectivity index (χ2n) is 7.72. The van der Waals surface area contributed by atoms with E-state index in [0.717, 1.165) is 19.6 Å². The maximum atomic E-state index is 13.9. The van der Waals surface area contributed by atoms with Crippen LogP contribution in [0.3, 0.4) is 0 Å². The molecule has 1 aliphatic heterocycles. The molecular weight excluding hydrogens is 421 g/mol. The summed E-state index contributed by atoms with van der Waals surface area (Å²) in [6.45, 7) is 3.73. The summed E-state index contributed by atoms with van der Waals surface area (Å²) in [5.74, 6) is -2.37. The lowest BCUT2D eigenvalue weighted by molar-refractivity contribution is -0.144. The number of hydrogen-bond donors (Lipinski definition) is 2. The summed E-state index contributed by atoms with van der Waals surface area (Å²) < 4.78 is 15.5. The third-order valence-corrected chi connectivity index (χ3v) is 6.56. The molecular formula is C22H24FN3O4S. The quantitative estimate of drug-likeness (QED) is 0.554. The van der Waals surface area contributed by atoms with Crippen molar-refractivity contribution >= 4 is 34.2 Å². The van der Waals surface area contributed by atoms with Crippen LogP contribution < -0.4 is 0 Å². The number of thiophene rings is 1. The number of carbonyl (C=O) groups is 2. The van der Waals surface area contributed by atoms with Gasteiger partial charge in [0.2, 0.25) is 0 Å². The predicted octanol–water partition coefficient (Wildman–Crippen LogP) is 3.26. The molecule has 3 heterocycles. The summed E-state index contributed by atoms with van der Waals surface area (Å²) in [6.07, 6.45) is 1.54. The molecule has 3 aromatic rings. The van der Waals surface area contributed by atoms with Crippen LogP contribution in [0.25, 0.3) is 10.9 Å². The molecule has 1 aromatic carbocycles. The van der Waals surface area contributed by atoms with E-state index >= 15 is 0 Å². The first-order chi connectivity index (χ1) is 14.9. The van der Waals surface area contributed by atoms with Crippen molar-refractivity contribution in [1.29, 1.82) is 0 Å². The van der Waals surface area contributed by atoms with Gasteiger partial charge in [-0.25, -0.2) is 4.39 Å². The fourth-order valence-electron chi connectivity index (χ4n) is 4.20. The van der Waals surface area contributed by atoms with Gasteiger partial charge in [-0.15, -0.1) is 11.3 Å². The largest absolute Gasteiger partial charge is 0.481 e. The molecule has 2 N–H and O–H groups in total. The first-order valence-electron chi connectivity index (χ1n) is 10.1. The Hall–Kier alpha value is -2.75. The molecule has 0 radical (unpaired) electrons. The molecule has 2 aromatic heterocycles. The highest BCUT2D eigenvalue weighted by Gasteiger charge is 2.33. The molecule has 0 saturated carbocycles. The van der Waals surface area contributed by atoms with Crippen molar-refractivity contribution in [3.05, 3.63) is 58.2 Å². The van der Waals surface area contributed by atoms with Crippen LogP contribution in [0, 0.1) is 5.82 Å². The number of carboxylic acid groups (broad SMARTS) is 2. The Morgan fingerprint density at radius 2 is 1.90 bits per heavy atom. The van der Waals surface area contributed by atoms with Gasteiger partial charge in [0.1, 0.15) is 11.9 Å². The lowest BCUT2D eigenvalue weighted by atomic mass is 10.0. The van der Waals surface area contributed by atoms with E-state index in [2.05, 4.69) is 16.3 Å². The van der Waals surface area contributed by atoms with Crippen LogP contribution in [0.2, 0.25) is 0 Å². The average Bonchev–Trinajstić information content (AvgIpc) is 3.36. The van der Waals surface area contributed by atoms with E-state index in [-0.39, 0.29) is 13.0 Å². The Balaban J connectivity index is 1.58. The minimum atomic E-state index is -0.965. The zero-order chi connectivity index (χ0) is 22.0. The topological polar surface area (TPSA) is 86.0 Å². The molecule has 0 unspecified atom stereocenters. The summed E-state index contributed by atoms with van der Waals surface area (Å²) >= 11 is 1.71. The lowest BCUT2D eigenvalue weighted by Gasteiger charge is -2.37. The fraction of sp³-hybridized carbons (Fsp3) is 0.364. The normalized spacial score (nSPS) is 16.5. The van der Waals surface area contributed by atoms with Gasteiger partial charge < -0.3 is 14.8 Å². The van der Waals surface area contributed by atoms with Gasteiger partial charge in [-0.2, -0.15) is 0 Å². The van der Waals surface area contributed by atoms with Crippen LogP contribution >= 0.6 is 11.3 Å². The summed E-state index contributed by atoms with van der Waals surface area (Å²) in [5, 5.41) is 21.8. The predicted molar refractivity (Wildman–Crippen MR) is 116 cm³/mol. The molecule has 0 aliphatic carbocycles. The van der Waals surface area contributed by atoms with Crippen LogP contribution in [0.15, 0.2) is 41.9 Å². The van der Waals surface area contributed by atoms with Crippen LogP contribution in [0.5, 0.6) is 0 Å². The number of piperazine rings is 1. The number of carboxylic acids is 2. The summed E-state index contributed by atoms with van der Waals surface area (Å²) in [6, 6.07) is 7.48. The zero-order valence-electron chi connectivity index (χ0n) is 16.9. The number of rotatable bonds is 8. The van der Waals surface area contributed by atoms with Gasteiger partial charge >= 0.3 is 11.9 Å². The molecule has 0 amide bonds. The molecule has 1 saturated heterocycles. The Morgan fingerprint density at radius 3 is 2.55 bits per heavy atom. The van der Waals surface area contributed by atoms with Crippen molar-refractivity contribution in [2.24, 2.45) is 0 Å². The molecule has 7 nitrogen and oxygen atoms in total. The van der Waals surface area contributed by atoms with Crippen molar-refractivity contribution in [3.8, 4) is 0 Å². The van der Waals surface area contributed by atoms with E-state index < -0.39 is 23.8 Å². The highest BCUT2D eigenvalue weighted by Crippen LogP contribution is 2.32. The molecule has 1 aliphatic rings. The maximum absolute atomic E-state index is 13.9. The Morgan fingerprint density at radius 1 is 1.13 bits per heavy atom. The fourth-order valence-corrected chi connectivity index (χ4v) is 4.95. The number of fused-ring (bicyclic) bond motifs is 1. The summed E-state index contributed by atoms with van der Waals surface area (Å²) in [5.41, 5.74) is 1.08. The first-order valence-corrected chi connectivity index (χ1v) is 11.0. The first kappa shape index (κ1) is 21.5. The van der Waals surface area contributed by atoms with E-state index in [1.54, 1.807) is 28.2 Å². The molecule has 0 bridgehead atoms. The minimum Gasteiger partial charge on any atom is -0.481 e. The van der Waals surface area contributed by atoms with E-state index in [9.17, 15) is 19.1 Å². The smallest absolute Gasteiger partial charge is 0.325 e. The molecule has 31 heavy (non-hydrogen) atoms. The van der Waals surface area contributed by atoms with Gasteiger partial charge in [0.25, 0.3) is 0 Å². The molecule has 4 rings (SSSR count). The number of aromatic nitrogens is 1. The highest BCUT2D eigenvalue weighted by atomic mass is 32.1. The minimum absolute atomic E-state index is 0.126. The van der Waals surface area contributed by atoms with E-state index in [1.807, 2.05) is 11.0 Å². The molecule has 1 fully saturated rings. The van der Waals surface area contributed by atoms with Crippen molar-refractivity contribution < 1.29 is 24.2 Å². The lowest BCUT2D eigenvalue weighted by Crippen LogP contribution is -2.48. The molecule has 1 atom stereocenters. The van der Waals surface area contributed by atoms with Crippen molar-refractivity contribution in [3.63, 3.8) is 0 Å². The highest BCUT2D eigenvalue weighted by molar-refractivity contribution is 7.09. The zero-order valence-corrected chi connectivity index (χ0v) is 17.7. The molecule has 0 spiro atoms. The van der Waals surface area contributed by atoms with Crippen molar-refractivity contribution in [1.82, 2.24) is 14.4 Å². The van der Waals surface area contributed by atoms with Crippen LogP contribution in [0.4, 0.5) is 4.39 Å². The van der Waals surface area contributed by atoms with Gasteiger partial charge in [-0.1, -0.05) is 6.07 Å². The third-order valence-electron chi connectivity index (χ3n) is 5.70. The van der Waals surface area contributed by atoms with Crippen molar-refractivity contribution in [2.75, 3.05) is 26.2 Å². The standard InChI is InChI=1S/C22H24FN3O4S/c23-15-3-4-17-18(14-26(19(17)12-15)6-5-20(27)28)21(22(29)30)25-9-7-24(8-10-25)13-16-2-1-11-31-16/h1-4,11-12,14,21H,5-10,13H2,(H,27,28)(H,29,30)/t21-/m1/s1. The van der Waals surface area contributed by atoms with E-state index in [1.165, 1.54) is 17.0 Å². The Bertz CT molecular complexity index is 1070. The SMILES string of the molecule is O=C(O)CCn1cc([C@H](C(=O)O)N2CCN(Cc3cccs3)CC2)c2ccc(F)cc21. The monoisotopic (exact) mass is 445 g/mol. The summed E-state index contributed by atoms with van der Waals surface area (Å²) in [4.78, 5) is 28.8. The Labute approximate surface area is 182 Å². The molecule has 164 valence electrons. The van der Waals surface area contributed by atoms with Gasteiger partial charge in [-0.3, -0.25) is 19.4 Å². The average molecular weight is 446 g/mol. The van der Waals surface area contributed by atoms with E-state index in [4.69, 9.17) is 5.11 Å².